The smallest absolute Gasteiger partial charge is 0.134 e. The van der Waals surface area contributed by atoms with Gasteiger partial charge in [-0.25, -0.2) is 0 Å². The van der Waals surface area contributed by atoms with E-state index in [1.165, 1.54) is 36.9 Å². The highest BCUT2D eigenvalue weighted by Crippen LogP contribution is 2.40. The number of rotatable bonds is 1. The fourth-order valence-electron chi connectivity index (χ4n) is 2.60. The van der Waals surface area contributed by atoms with Crippen LogP contribution in [0.15, 0.2) is 24.3 Å². The summed E-state index contributed by atoms with van der Waals surface area (Å²) in [5.74, 6) is 0. The molecule has 1 nitrogen and oxygen atoms in total. The van der Waals surface area contributed by atoms with Crippen molar-refractivity contribution in [3.8, 4) is 0 Å². The molecule has 0 bridgehead atoms. The Balaban J connectivity index is 2.23. The second-order valence-electron chi connectivity index (χ2n) is 4.53. The fraction of sp³-hybridized carbons (Fsp3) is 0.0667. The van der Waals surface area contributed by atoms with Gasteiger partial charge < -0.3 is 0 Å². The van der Waals surface area contributed by atoms with Crippen molar-refractivity contribution in [3.63, 3.8) is 0 Å². The molecule has 19 heavy (non-hydrogen) atoms. The SMILES string of the molecule is Clc1cc(CBr)c2c(c1)sc1c3c(ccc12)C=[N+]=C3. The van der Waals surface area contributed by atoms with E-state index in [-0.39, 0.29) is 0 Å². The molecule has 2 aromatic carbocycles. The predicted molar refractivity (Wildman–Crippen MR) is 89.4 cm³/mol. The molecule has 1 aliphatic heterocycles. The normalized spacial score (nSPS) is 12.7. The highest BCUT2D eigenvalue weighted by molar-refractivity contribution is 9.08. The number of nitrogens with zero attached hydrogens (tertiary/aromatic N) is 1. The number of benzene rings is 2. The van der Waals surface area contributed by atoms with Gasteiger partial charge in [0.2, 0.25) is 0 Å². The summed E-state index contributed by atoms with van der Waals surface area (Å²) >= 11 is 11.6. The third kappa shape index (κ3) is 1.63. The minimum atomic E-state index is 0.797. The molecule has 0 fully saturated rings. The van der Waals surface area contributed by atoms with Gasteiger partial charge in [0.1, 0.15) is 0 Å². The van der Waals surface area contributed by atoms with E-state index < -0.39 is 0 Å². The number of hydrogen-bond acceptors (Lipinski definition) is 1. The maximum Gasteiger partial charge on any atom is 0.301 e. The summed E-state index contributed by atoms with van der Waals surface area (Å²) in [6, 6.07) is 8.43. The predicted octanol–water partition coefficient (Wildman–Crippen LogP) is 4.52. The molecule has 0 amide bonds. The number of alkyl halides is 1. The molecular weight excluding hydrogens is 342 g/mol. The van der Waals surface area contributed by atoms with Crippen molar-refractivity contribution in [1.29, 1.82) is 0 Å². The van der Waals surface area contributed by atoms with Gasteiger partial charge in [0.15, 0.2) is 0 Å². The zero-order valence-electron chi connectivity index (χ0n) is 9.78. The zero-order chi connectivity index (χ0) is 13.0. The number of hydrogen-bond donors (Lipinski definition) is 0. The Hall–Kier alpha value is -1.12. The van der Waals surface area contributed by atoms with Crippen LogP contribution in [0.3, 0.4) is 0 Å². The lowest BCUT2D eigenvalue weighted by atomic mass is 10.0. The molecule has 0 N–H and O–H groups in total. The van der Waals surface area contributed by atoms with Crippen LogP contribution >= 0.6 is 38.9 Å². The third-order valence-electron chi connectivity index (χ3n) is 3.42. The molecule has 3 aromatic rings. The molecule has 0 aliphatic carbocycles. The number of fused-ring (bicyclic) bond motifs is 5. The Morgan fingerprint density at radius 2 is 2.11 bits per heavy atom. The van der Waals surface area contributed by atoms with Crippen molar-refractivity contribution in [2.24, 2.45) is 0 Å². The Bertz CT molecular complexity index is 904. The monoisotopic (exact) mass is 348 g/mol. The summed E-state index contributed by atoms with van der Waals surface area (Å²) in [4.78, 5) is 0. The van der Waals surface area contributed by atoms with Crippen LogP contribution in [0.25, 0.3) is 20.2 Å². The molecule has 0 saturated heterocycles. The zero-order valence-corrected chi connectivity index (χ0v) is 12.9. The Morgan fingerprint density at radius 1 is 1.21 bits per heavy atom. The van der Waals surface area contributed by atoms with E-state index in [0.717, 1.165) is 10.4 Å². The lowest BCUT2D eigenvalue weighted by molar-refractivity contribution is 1.51. The molecule has 0 saturated carbocycles. The van der Waals surface area contributed by atoms with Gasteiger partial charge in [-0.2, -0.15) is 0 Å². The third-order valence-corrected chi connectivity index (χ3v) is 5.43. The first-order valence-corrected chi connectivity index (χ1v) is 8.19. The van der Waals surface area contributed by atoms with Crippen molar-refractivity contribution in [3.05, 3.63) is 46.0 Å². The van der Waals surface area contributed by atoms with Gasteiger partial charge in [0, 0.05) is 25.8 Å². The first-order chi connectivity index (χ1) is 9.28. The largest absolute Gasteiger partial charge is 0.301 e. The van der Waals surface area contributed by atoms with Crippen molar-refractivity contribution >= 4 is 71.5 Å². The van der Waals surface area contributed by atoms with Crippen molar-refractivity contribution < 1.29 is 0 Å². The van der Waals surface area contributed by atoms with Crippen molar-refractivity contribution in [2.75, 3.05) is 0 Å². The maximum absolute atomic E-state index is 6.20. The Kier molecular flexibility index (Phi) is 2.58. The highest BCUT2D eigenvalue weighted by atomic mass is 79.9. The summed E-state index contributed by atoms with van der Waals surface area (Å²) < 4.78 is 6.79. The van der Waals surface area contributed by atoms with Gasteiger partial charge in [-0.1, -0.05) is 38.3 Å². The standard InChI is InChI=1S/C15H8BrClNS/c16-5-9-3-10(17)4-13-14(9)11-2-1-8-6-18-7-12(8)15(11)19-13/h1-4,6-7H,5H2/q+1. The van der Waals surface area contributed by atoms with E-state index in [1.807, 2.05) is 18.5 Å². The second-order valence-corrected chi connectivity index (χ2v) is 6.58. The van der Waals surface area contributed by atoms with Crippen LogP contribution in [0.2, 0.25) is 5.02 Å². The van der Waals surface area contributed by atoms with Crippen LogP contribution in [-0.4, -0.2) is 12.4 Å². The van der Waals surface area contributed by atoms with E-state index in [9.17, 15) is 0 Å². The molecule has 4 rings (SSSR count). The van der Waals surface area contributed by atoms with Crippen LogP contribution < -0.4 is 4.67 Å². The second kappa shape index (κ2) is 4.19. The summed E-state index contributed by atoms with van der Waals surface area (Å²) in [7, 11) is 0. The molecular formula is C15H8BrClNS+. The van der Waals surface area contributed by atoms with E-state index in [4.69, 9.17) is 11.6 Å². The Labute approximate surface area is 127 Å². The molecule has 4 heteroatoms. The van der Waals surface area contributed by atoms with E-state index >= 15 is 0 Å². The van der Waals surface area contributed by atoms with E-state index in [0.29, 0.717) is 0 Å². The molecule has 1 aromatic heterocycles. The molecule has 0 spiro atoms. The van der Waals surface area contributed by atoms with Crippen molar-refractivity contribution in [1.82, 2.24) is 4.67 Å². The minimum Gasteiger partial charge on any atom is -0.134 e. The summed E-state index contributed by atoms with van der Waals surface area (Å²) in [5.41, 5.74) is 3.67. The number of halogens is 2. The molecule has 0 unspecified atom stereocenters. The average Bonchev–Trinajstić information content (AvgIpc) is 2.99. The average molecular weight is 350 g/mol. The van der Waals surface area contributed by atoms with Crippen molar-refractivity contribution in [2.45, 2.75) is 5.33 Å². The topological polar surface area (TPSA) is 14.1 Å². The molecule has 0 atom stereocenters. The van der Waals surface area contributed by atoms with Gasteiger partial charge in [0.05, 0.1) is 15.8 Å². The van der Waals surface area contributed by atoms with Gasteiger partial charge in [-0.15, -0.1) is 11.3 Å². The van der Waals surface area contributed by atoms with Crippen LogP contribution in [0, 0.1) is 0 Å². The van der Waals surface area contributed by atoms with Gasteiger partial charge >= 0.3 is 12.4 Å². The first kappa shape index (κ1) is 11.7. The quantitative estimate of drug-likeness (QED) is 0.354. The molecule has 1 aliphatic rings. The lowest BCUT2D eigenvalue weighted by Crippen LogP contribution is -1.85. The fourth-order valence-corrected chi connectivity index (χ4v) is 4.65. The van der Waals surface area contributed by atoms with Crippen LogP contribution in [0.5, 0.6) is 0 Å². The van der Waals surface area contributed by atoms with Gasteiger partial charge in [-0.3, -0.25) is 0 Å². The van der Waals surface area contributed by atoms with Crippen LogP contribution in [-0.2, 0) is 5.33 Å². The summed E-state index contributed by atoms with van der Waals surface area (Å²) in [6.45, 7) is 0. The first-order valence-electron chi connectivity index (χ1n) is 5.88. The van der Waals surface area contributed by atoms with Gasteiger partial charge in [0.25, 0.3) is 0 Å². The maximum atomic E-state index is 6.20. The lowest BCUT2D eigenvalue weighted by Gasteiger charge is -2.01. The molecule has 0 radical (unpaired) electrons. The summed E-state index contributed by atoms with van der Waals surface area (Å²) in [5, 5.41) is 4.22. The number of thiophene rings is 1. The summed E-state index contributed by atoms with van der Waals surface area (Å²) in [6.07, 6.45) is 3.86. The Morgan fingerprint density at radius 3 is 2.95 bits per heavy atom. The van der Waals surface area contributed by atoms with Crippen LogP contribution in [0.1, 0.15) is 16.7 Å². The highest BCUT2D eigenvalue weighted by Gasteiger charge is 2.19. The van der Waals surface area contributed by atoms with E-state index in [2.05, 4.69) is 38.8 Å². The molecule has 2 heterocycles. The molecule has 92 valence electrons. The van der Waals surface area contributed by atoms with Crippen LogP contribution in [0.4, 0.5) is 0 Å². The van der Waals surface area contributed by atoms with E-state index in [1.54, 1.807) is 11.3 Å². The van der Waals surface area contributed by atoms with Gasteiger partial charge in [-0.05, 0) is 23.8 Å². The minimum absolute atomic E-state index is 0.797.